The molecule has 0 bridgehead atoms. The highest BCUT2D eigenvalue weighted by Gasteiger charge is 2.28. The molecule has 3 aromatic carbocycles. The van der Waals surface area contributed by atoms with Gasteiger partial charge in [0.15, 0.2) is 0 Å². The van der Waals surface area contributed by atoms with Crippen LogP contribution in [0.1, 0.15) is 16.8 Å². The van der Waals surface area contributed by atoms with Crippen LogP contribution in [-0.4, -0.2) is 31.6 Å². The summed E-state index contributed by atoms with van der Waals surface area (Å²) in [5.74, 6) is -0.0778. The summed E-state index contributed by atoms with van der Waals surface area (Å²) in [5, 5.41) is 3.82. The summed E-state index contributed by atoms with van der Waals surface area (Å²) in [7, 11) is -3.23. The molecule has 1 aliphatic heterocycles. The molecule has 31 heavy (non-hydrogen) atoms. The molecule has 0 spiro atoms. The zero-order chi connectivity index (χ0) is 21.4. The van der Waals surface area contributed by atoms with Crippen LogP contribution in [0.25, 0.3) is 20.8 Å². The summed E-state index contributed by atoms with van der Waals surface area (Å²) in [6.45, 7) is 0.481. The lowest BCUT2D eigenvalue weighted by Gasteiger charge is -2.17. The van der Waals surface area contributed by atoms with Crippen molar-refractivity contribution in [1.29, 1.82) is 0 Å². The summed E-state index contributed by atoms with van der Waals surface area (Å²) < 4.78 is 26.6. The molecular weight excluding hydrogens is 430 g/mol. The van der Waals surface area contributed by atoms with E-state index in [1.165, 1.54) is 4.31 Å². The quantitative estimate of drug-likeness (QED) is 0.487. The first-order chi connectivity index (χ1) is 15.0. The first-order valence-electron chi connectivity index (χ1n) is 9.87. The molecular formula is C23H19N3O3S2. The van der Waals surface area contributed by atoms with Gasteiger partial charge in [-0.3, -0.25) is 9.10 Å². The Bertz CT molecular complexity index is 1330. The van der Waals surface area contributed by atoms with Gasteiger partial charge in [-0.1, -0.05) is 12.1 Å². The zero-order valence-electron chi connectivity index (χ0n) is 16.5. The molecule has 0 unspecified atom stereocenters. The molecule has 4 aromatic rings. The van der Waals surface area contributed by atoms with Crippen molar-refractivity contribution in [1.82, 2.24) is 4.98 Å². The van der Waals surface area contributed by atoms with Crippen LogP contribution in [0, 0.1) is 0 Å². The number of hydrogen-bond donors (Lipinski definition) is 1. The fourth-order valence-electron chi connectivity index (χ4n) is 3.60. The third-order valence-electron chi connectivity index (χ3n) is 5.20. The van der Waals surface area contributed by atoms with E-state index < -0.39 is 10.0 Å². The van der Waals surface area contributed by atoms with E-state index in [0.717, 1.165) is 20.8 Å². The average molecular weight is 450 g/mol. The Morgan fingerprint density at radius 1 is 0.968 bits per heavy atom. The molecule has 1 aliphatic rings. The van der Waals surface area contributed by atoms with Gasteiger partial charge in [0.2, 0.25) is 10.0 Å². The van der Waals surface area contributed by atoms with Crippen molar-refractivity contribution < 1.29 is 13.2 Å². The molecule has 0 atom stereocenters. The second-order valence-electron chi connectivity index (χ2n) is 7.31. The van der Waals surface area contributed by atoms with Crippen molar-refractivity contribution in [2.45, 2.75) is 6.42 Å². The van der Waals surface area contributed by atoms with E-state index in [9.17, 15) is 13.2 Å². The van der Waals surface area contributed by atoms with E-state index in [2.05, 4.69) is 16.4 Å². The lowest BCUT2D eigenvalue weighted by Crippen LogP contribution is -2.25. The summed E-state index contributed by atoms with van der Waals surface area (Å²) in [6, 6.07) is 22.2. The van der Waals surface area contributed by atoms with Gasteiger partial charge in [-0.15, -0.1) is 11.3 Å². The number of aromatic nitrogens is 1. The number of sulfonamides is 1. The van der Waals surface area contributed by atoms with Gasteiger partial charge in [-0.2, -0.15) is 0 Å². The molecule has 1 fully saturated rings. The SMILES string of the molecule is O=C(Nc1ccc(-c2nc3ccccc3s2)cc1)c1ccc(N2CCCS2(=O)=O)cc1. The number of fused-ring (bicyclic) bond motifs is 1. The second-order valence-corrected chi connectivity index (χ2v) is 10.4. The monoisotopic (exact) mass is 449 g/mol. The molecule has 5 rings (SSSR count). The van der Waals surface area contributed by atoms with Gasteiger partial charge in [-0.05, 0) is 67.1 Å². The number of carbonyl (C=O) groups is 1. The highest BCUT2D eigenvalue weighted by molar-refractivity contribution is 7.93. The van der Waals surface area contributed by atoms with Crippen LogP contribution < -0.4 is 9.62 Å². The fraction of sp³-hybridized carbons (Fsp3) is 0.130. The molecule has 8 heteroatoms. The maximum atomic E-state index is 12.6. The van der Waals surface area contributed by atoms with Crippen LogP contribution in [-0.2, 0) is 10.0 Å². The van der Waals surface area contributed by atoms with Gasteiger partial charge >= 0.3 is 0 Å². The Kier molecular flexibility index (Phi) is 4.95. The lowest BCUT2D eigenvalue weighted by molar-refractivity contribution is 0.102. The molecule has 0 saturated carbocycles. The fourth-order valence-corrected chi connectivity index (χ4v) is 6.14. The molecule has 1 N–H and O–H groups in total. The summed E-state index contributed by atoms with van der Waals surface area (Å²) >= 11 is 1.63. The van der Waals surface area contributed by atoms with Gasteiger partial charge in [-0.25, -0.2) is 13.4 Å². The third kappa shape index (κ3) is 3.92. The maximum Gasteiger partial charge on any atom is 0.255 e. The van der Waals surface area contributed by atoms with Crippen molar-refractivity contribution in [3.8, 4) is 10.6 Å². The van der Waals surface area contributed by atoms with Crippen LogP contribution >= 0.6 is 11.3 Å². The maximum absolute atomic E-state index is 12.6. The molecule has 156 valence electrons. The predicted molar refractivity (Wildman–Crippen MR) is 125 cm³/mol. The number of rotatable bonds is 4. The number of hydrogen-bond acceptors (Lipinski definition) is 5. The highest BCUT2D eigenvalue weighted by atomic mass is 32.2. The largest absolute Gasteiger partial charge is 0.322 e. The van der Waals surface area contributed by atoms with Gasteiger partial charge < -0.3 is 5.32 Å². The van der Waals surface area contributed by atoms with Gasteiger partial charge in [0, 0.05) is 23.4 Å². The molecule has 1 saturated heterocycles. The van der Waals surface area contributed by atoms with Crippen molar-refractivity contribution in [2.75, 3.05) is 21.9 Å². The minimum atomic E-state index is -3.23. The van der Waals surface area contributed by atoms with E-state index in [4.69, 9.17) is 0 Å². The van der Waals surface area contributed by atoms with E-state index in [1.54, 1.807) is 35.6 Å². The Labute approximate surface area is 184 Å². The van der Waals surface area contributed by atoms with Crippen LogP contribution in [0.2, 0.25) is 0 Å². The first kappa shape index (κ1) is 19.7. The summed E-state index contributed by atoms with van der Waals surface area (Å²) in [6.07, 6.45) is 0.623. The van der Waals surface area contributed by atoms with Crippen molar-refractivity contribution in [3.05, 3.63) is 78.4 Å². The summed E-state index contributed by atoms with van der Waals surface area (Å²) in [4.78, 5) is 17.2. The number of benzene rings is 3. The molecule has 0 aliphatic carbocycles. The van der Waals surface area contributed by atoms with Gasteiger partial charge in [0.25, 0.3) is 5.91 Å². The first-order valence-corrected chi connectivity index (χ1v) is 12.3. The van der Waals surface area contributed by atoms with E-state index in [-0.39, 0.29) is 11.7 Å². The van der Waals surface area contributed by atoms with Crippen LogP contribution in [0.4, 0.5) is 11.4 Å². The van der Waals surface area contributed by atoms with Crippen LogP contribution in [0.15, 0.2) is 72.8 Å². The number of anilines is 2. The highest BCUT2D eigenvalue weighted by Crippen LogP contribution is 2.30. The normalized spacial score (nSPS) is 15.3. The molecule has 1 amide bonds. The molecule has 6 nitrogen and oxygen atoms in total. The number of nitrogens with one attached hydrogen (secondary N) is 1. The average Bonchev–Trinajstić information content (AvgIpc) is 3.37. The Morgan fingerprint density at radius 2 is 1.71 bits per heavy atom. The smallest absolute Gasteiger partial charge is 0.255 e. The molecule has 1 aromatic heterocycles. The number of carbonyl (C=O) groups excluding carboxylic acids is 1. The molecule has 0 radical (unpaired) electrons. The second kappa shape index (κ2) is 7.79. The minimum Gasteiger partial charge on any atom is -0.322 e. The topological polar surface area (TPSA) is 79.4 Å². The number of nitrogens with zero attached hydrogens (tertiary/aromatic N) is 2. The van der Waals surface area contributed by atoms with E-state index in [1.807, 2.05) is 42.5 Å². The van der Waals surface area contributed by atoms with Crippen molar-refractivity contribution in [3.63, 3.8) is 0 Å². The van der Waals surface area contributed by atoms with Gasteiger partial charge in [0.05, 0.1) is 21.7 Å². The lowest BCUT2D eigenvalue weighted by atomic mass is 10.1. The van der Waals surface area contributed by atoms with Crippen LogP contribution in [0.3, 0.4) is 0 Å². The van der Waals surface area contributed by atoms with E-state index in [0.29, 0.717) is 29.9 Å². The summed E-state index contributed by atoms with van der Waals surface area (Å²) in [5.41, 5.74) is 3.71. The zero-order valence-corrected chi connectivity index (χ0v) is 18.1. The third-order valence-corrected chi connectivity index (χ3v) is 8.16. The van der Waals surface area contributed by atoms with E-state index >= 15 is 0 Å². The molecule has 2 heterocycles. The van der Waals surface area contributed by atoms with Crippen molar-refractivity contribution >= 4 is 48.9 Å². The number of thiazole rings is 1. The van der Waals surface area contributed by atoms with Crippen LogP contribution in [0.5, 0.6) is 0 Å². The predicted octanol–water partition coefficient (Wildman–Crippen LogP) is 4.76. The minimum absolute atomic E-state index is 0.169. The number of amides is 1. The Hall–Kier alpha value is -3.23. The Balaban J connectivity index is 1.29. The number of para-hydroxylation sites is 1. The standard InChI is InChI=1S/C23H19N3O3S2/c27-22(16-8-12-19(13-9-16)26-14-3-15-31(26,28)29)24-18-10-6-17(7-11-18)23-25-20-4-1-2-5-21(20)30-23/h1-2,4-13H,3,14-15H2,(H,24,27). The Morgan fingerprint density at radius 3 is 2.39 bits per heavy atom. The van der Waals surface area contributed by atoms with Crippen molar-refractivity contribution in [2.24, 2.45) is 0 Å². The van der Waals surface area contributed by atoms with Gasteiger partial charge in [0.1, 0.15) is 5.01 Å².